The molecule has 0 aliphatic heterocycles. The van der Waals surface area contributed by atoms with E-state index in [1.54, 1.807) is 7.05 Å². The minimum absolute atomic E-state index is 0.00720. The monoisotopic (exact) mass is 256 g/mol. The SMILES string of the molecule is Cn1nnc(C(=O)O)c1Cc1c[nH]c2ccccc12. The molecule has 0 unspecified atom stereocenters. The van der Waals surface area contributed by atoms with Crippen molar-refractivity contribution < 1.29 is 9.90 Å². The van der Waals surface area contributed by atoms with Crippen LogP contribution in [0.2, 0.25) is 0 Å². The molecule has 6 nitrogen and oxygen atoms in total. The molecule has 0 amide bonds. The van der Waals surface area contributed by atoms with E-state index in [1.807, 2.05) is 30.5 Å². The third-order valence-corrected chi connectivity index (χ3v) is 3.18. The Hall–Kier alpha value is -2.63. The number of aromatic carboxylic acids is 1. The van der Waals surface area contributed by atoms with Gasteiger partial charge in [-0.15, -0.1) is 5.10 Å². The van der Waals surface area contributed by atoms with Crippen LogP contribution in [0.15, 0.2) is 30.5 Å². The van der Waals surface area contributed by atoms with E-state index in [9.17, 15) is 4.79 Å². The van der Waals surface area contributed by atoms with Crippen molar-refractivity contribution in [2.75, 3.05) is 0 Å². The average Bonchev–Trinajstić information content (AvgIpc) is 2.96. The molecule has 0 atom stereocenters. The molecule has 0 saturated heterocycles. The fraction of sp³-hybridized carbons (Fsp3) is 0.154. The summed E-state index contributed by atoms with van der Waals surface area (Å²) in [5.74, 6) is -1.05. The van der Waals surface area contributed by atoms with Gasteiger partial charge in [-0.1, -0.05) is 23.4 Å². The molecule has 19 heavy (non-hydrogen) atoms. The Morgan fingerprint density at radius 3 is 3.00 bits per heavy atom. The summed E-state index contributed by atoms with van der Waals surface area (Å²) in [6, 6.07) is 7.90. The van der Waals surface area contributed by atoms with Crippen LogP contribution in [-0.4, -0.2) is 31.1 Å². The van der Waals surface area contributed by atoms with Gasteiger partial charge in [-0.3, -0.25) is 4.68 Å². The van der Waals surface area contributed by atoms with Crippen LogP contribution < -0.4 is 0 Å². The first kappa shape index (κ1) is 11.5. The first-order chi connectivity index (χ1) is 9.16. The van der Waals surface area contributed by atoms with Gasteiger partial charge in [0.05, 0.1) is 5.69 Å². The molecule has 2 aromatic heterocycles. The number of aromatic amines is 1. The van der Waals surface area contributed by atoms with Gasteiger partial charge in [-0.05, 0) is 11.6 Å². The molecule has 0 aliphatic rings. The lowest BCUT2D eigenvalue weighted by Crippen LogP contribution is -2.05. The molecule has 0 saturated carbocycles. The minimum Gasteiger partial charge on any atom is -0.476 e. The first-order valence-electron chi connectivity index (χ1n) is 5.83. The van der Waals surface area contributed by atoms with E-state index in [1.165, 1.54) is 4.68 Å². The summed E-state index contributed by atoms with van der Waals surface area (Å²) in [6.45, 7) is 0. The van der Waals surface area contributed by atoms with Crippen LogP contribution in [0.5, 0.6) is 0 Å². The van der Waals surface area contributed by atoms with Crippen LogP contribution >= 0.6 is 0 Å². The van der Waals surface area contributed by atoms with Gasteiger partial charge < -0.3 is 10.1 Å². The maximum absolute atomic E-state index is 11.1. The Morgan fingerprint density at radius 2 is 2.21 bits per heavy atom. The number of hydrogen-bond donors (Lipinski definition) is 2. The topological polar surface area (TPSA) is 83.8 Å². The first-order valence-corrected chi connectivity index (χ1v) is 5.83. The lowest BCUT2D eigenvalue weighted by atomic mass is 10.1. The quantitative estimate of drug-likeness (QED) is 0.745. The average molecular weight is 256 g/mol. The Kier molecular flexibility index (Phi) is 2.56. The summed E-state index contributed by atoms with van der Waals surface area (Å²) in [4.78, 5) is 14.3. The van der Waals surface area contributed by atoms with E-state index >= 15 is 0 Å². The van der Waals surface area contributed by atoms with Crippen LogP contribution in [0.4, 0.5) is 0 Å². The van der Waals surface area contributed by atoms with Gasteiger partial charge in [-0.2, -0.15) is 0 Å². The van der Waals surface area contributed by atoms with Crippen molar-refractivity contribution in [3.63, 3.8) is 0 Å². The van der Waals surface area contributed by atoms with E-state index in [0.717, 1.165) is 16.5 Å². The second-order valence-electron chi connectivity index (χ2n) is 4.35. The summed E-state index contributed by atoms with van der Waals surface area (Å²) in [6.07, 6.45) is 2.37. The standard InChI is InChI=1S/C13H12N4O2/c1-17-11(12(13(18)19)15-16-17)6-8-7-14-10-5-3-2-4-9(8)10/h2-5,7,14H,6H2,1H3,(H,18,19). The van der Waals surface area contributed by atoms with Crippen molar-refractivity contribution >= 4 is 16.9 Å². The van der Waals surface area contributed by atoms with Gasteiger partial charge in [0.2, 0.25) is 0 Å². The lowest BCUT2D eigenvalue weighted by Gasteiger charge is -2.01. The third kappa shape index (κ3) is 1.87. The number of nitrogens with one attached hydrogen (secondary N) is 1. The van der Waals surface area contributed by atoms with Gasteiger partial charge in [-0.25, -0.2) is 4.79 Å². The second kappa shape index (κ2) is 4.24. The van der Waals surface area contributed by atoms with Gasteiger partial charge in [0.15, 0.2) is 5.69 Å². The number of carbonyl (C=O) groups is 1. The number of rotatable bonds is 3. The van der Waals surface area contributed by atoms with Crippen molar-refractivity contribution in [1.29, 1.82) is 0 Å². The molecule has 0 fully saturated rings. The van der Waals surface area contributed by atoms with E-state index < -0.39 is 5.97 Å². The zero-order chi connectivity index (χ0) is 13.4. The van der Waals surface area contributed by atoms with Crippen LogP contribution in [-0.2, 0) is 13.5 Å². The molecule has 1 aromatic carbocycles. The summed E-state index contributed by atoms with van der Waals surface area (Å²) in [7, 11) is 1.70. The number of benzene rings is 1. The van der Waals surface area contributed by atoms with Crippen LogP contribution in [0.1, 0.15) is 21.7 Å². The van der Waals surface area contributed by atoms with E-state index in [0.29, 0.717) is 12.1 Å². The van der Waals surface area contributed by atoms with E-state index in [-0.39, 0.29) is 5.69 Å². The molecule has 96 valence electrons. The molecule has 2 heterocycles. The molecule has 0 spiro atoms. The Balaban J connectivity index is 2.06. The van der Waals surface area contributed by atoms with Crippen molar-refractivity contribution in [2.24, 2.45) is 7.05 Å². The van der Waals surface area contributed by atoms with Crippen LogP contribution in [0.25, 0.3) is 10.9 Å². The van der Waals surface area contributed by atoms with Gasteiger partial charge in [0.1, 0.15) is 0 Å². The summed E-state index contributed by atoms with van der Waals surface area (Å²) >= 11 is 0. The van der Waals surface area contributed by atoms with Crippen molar-refractivity contribution in [1.82, 2.24) is 20.0 Å². The molecule has 0 aliphatic carbocycles. The highest BCUT2D eigenvalue weighted by molar-refractivity contribution is 5.87. The number of carboxylic acids is 1. The highest BCUT2D eigenvalue weighted by atomic mass is 16.4. The number of aromatic nitrogens is 4. The third-order valence-electron chi connectivity index (χ3n) is 3.18. The van der Waals surface area contributed by atoms with Crippen molar-refractivity contribution in [2.45, 2.75) is 6.42 Å². The predicted molar refractivity (Wildman–Crippen MR) is 69.1 cm³/mol. The number of H-pyrrole nitrogens is 1. The van der Waals surface area contributed by atoms with E-state index in [2.05, 4.69) is 15.3 Å². The molecule has 0 radical (unpaired) electrons. The number of carboxylic acid groups (broad SMARTS) is 1. The predicted octanol–water partition coefficient (Wildman–Crippen LogP) is 1.59. The van der Waals surface area contributed by atoms with Crippen LogP contribution in [0.3, 0.4) is 0 Å². The Bertz CT molecular complexity index is 757. The minimum atomic E-state index is -1.05. The highest BCUT2D eigenvalue weighted by Gasteiger charge is 2.18. The van der Waals surface area contributed by atoms with Crippen molar-refractivity contribution in [3.05, 3.63) is 47.4 Å². The molecule has 0 bridgehead atoms. The largest absolute Gasteiger partial charge is 0.476 e. The van der Waals surface area contributed by atoms with Crippen molar-refractivity contribution in [3.8, 4) is 0 Å². The van der Waals surface area contributed by atoms with Gasteiger partial charge in [0.25, 0.3) is 0 Å². The highest BCUT2D eigenvalue weighted by Crippen LogP contribution is 2.21. The van der Waals surface area contributed by atoms with E-state index in [4.69, 9.17) is 5.11 Å². The molecule has 6 heteroatoms. The number of aryl methyl sites for hydroxylation is 1. The fourth-order valence-electron chi connectivity index (χ4n) is 2.20. The summed E-state index contributed by atoms with van der Waals surface area (Å²) in [5.41, 5.74) is 2.66. The van der Waals surface area contributed by atoms with Gasteiger partial charge >= 0.3 is 5.97 Å². The summed E-state index contributed by atoms with van der Waals surface area (Å²) in [5, 5.41) is 17.6. The molecule has 3 rings (SSSR count). The molecular formula is C13H12N4O2. The second-order valence-corrected chi connectivity index (χ2v) is 4.35. The normalized spacial score (nSPS) is 11.0. The maximum atomic E-state index is 11.1. The Labute approximate surface area is 108 Å². The van der Waals surface area contributed by atoms with Gasteiger partial charge in [0, 0.05) is 30.6 Å². The fourth-order valence-corrected chi connectivity index (χ4v) is 2.20. The number of hydrogen-bond acceptors (Lipinski definition) is 3. The molecule has 3 aromatic rings. The number of fused-ring (bicyclic) bond motifs is 1. The molecule has 2 N–H and O–H groups in total. The maximum Gasteiger partial charge on any atom is 0.358 e. The summed E-state index contributed by atoms with van der Waals surface area (Å²) < 4.78 is 1.51. The number of para-hydroxylation sites is 1. The molecular weight excluding hydrogens is 244 g/mol. The zero-order valence-corrected chi connectivity index (χ0v) is 10.3. The number of nitrogens with zero attached hydrogens (tertiary/aromatic N) is 3. The Morgan fingerprint density at radius 1 is 1.42 bits per heavy atom. The smallest absolute Gasteiger partial charge is 0.358 e. The zero-order valence-electron chi connectivity index (χ0n) is 10.3. The lowest BCUT2D eigenvalue weighted by molar-refractivity contribution is 0.0689. The van der Waals surface area contributed by atoms with Crippen LogP contribution in [0, 0.1) is 0 Å².